The highest BCUT2D eigenvalue weighted by atomic mass is 19.1. The van der Waals surface area contributed by atoms with Crippen LogP contribution in [0.25, 0.3) is 0 Å². The van der Waals surface area contributed by atoms with E-state index in [1.165, 1.54) is 38.5 Å². The van der Waals surface area contributed by atoms with Gasteiger partial charge in [-0.1, -0.05) is 12.1 Å². The largest absolute Gasteiger partial charge is 0.469 e. The van der Waals surface area contributed by atoms with Gasteiger partial charge >= 0.3 is 5.97 Å². The van der Waals surface area contributed by atoms with Crippen molar-refractivity contribution in [3.63, 3.8) is 0 Å². The fraction of sp³-hybridized carbons (Fsp3) is 0.636. The number of hydrogen-bond donors (Lipinski definition) is 0. The van der Waals surface area contributed by atoms with Crippen LogP contribution >= 0.6 is 0 Å². The molecule has 4 aliphatic rings. The van der Waals surface area contributed by atoms with Crippen molar-refractivity contribution in [3.8, 4) is 0 Å². The highest BCUT2D eigenvalue weighted by Crippen LogP contribution is 2.60. The molecule has 0 radical (unpaired) electrons. The second kappa shape index (κ2) is 7.25. The van der Waals surface area contributed by atoms with Crippen molar-refractivity contribution >= 4 is 11.9 Å². The number of ether oxygens (including phenoxy) is 1. The van der Waals surface area contributed by atoms with E-state index in [1.807, 2.05) is 4.90 Å². The maximum Gasteiger partial charge on any atom is 0.307 e. The number of nitrogens with zero attached hydrogens (tertiary/aromatic N) is 1. The molecule has 4 nitrogen and oxygen atoms in total. The van der Waals surface area contributed by atoms with Gasteiger partial charge in [-0.25, -0.2) is 4.39 Å². The van der Waals surface area contributed by atoms with Crippen molar-refractivity contribution in [1.82, 2.24) is 4.90 Å². The summed E-state index contributed by atoms with van der Waals surface area (Å²) in [7, 11) is 1.37. The Labute approximate surface area is 160 Å². The summed E-state index contributed by atoms with van der Waals surface area (Å²) < 4.78 is 18.0. The molecule has 4 fully saturated rings. The average Bonchev–Trinajstić information content (AvgIpc) is 2.64. The van der Waals surface area contributed by atoms with Crippen LogP contribution < -0.4 is 0 Å². The van der Waals surface area contributed by atoms with Crippen molar-refractivity contribution < 1.29 is 18.7 Å². The minimum Gasteiger partial charge on any atom is -0.469 e. The third-order valence-electron chi connectivity index (χ3n) is 6.88. The number of carbonyl (C=O) groups excluding carboxylic acids is 2. The third-order valence-corrected chi connectivity index (χ3v) is 6.88. The Morgan fingerprint density at radius 3 is 2.15 bits per heavy atom. The van der Waals surface area contributed by atoms with Gasteiger partial charge in [-0.3, -0.25) is 9.59 Å². The topological polar surface area (TPSA) is 46.6 Å². The molecule has 5 rings (SSSR count). The first-order valence-electron chi connectivity index (χ1n) is 10.1. The number of amides is 1. The van der Waals surface area contributed by atoms with E-state index < -0.39 is 0 Å². The van der Waals surface area contributed by atoms with Crippen molar-refractivity contribution in [3.05, 3.63) is 35.6 Å². The summed E-state index contributed by atoms with van der Waals surface area (Å²) in [5.41, 5.74) is 0.643. The fourth-order valence-electron chi connectivity index (χ4n) is 6.10. The summed E-state index contributed by atoms with van der Waals surface area (Å²) in [5, 5.41) is 0. The molecule has 146 valence electrons. The SMILES string of the molecule is COC(=O)CCN(Cc1ccc(F)cc1)C(=O)C12CC3CC(CC(C3)C1)C2. The van der Waals surface area contributed by atoms with Crippen molar-refractivity contribution in [2.24, 2.45) is 23.2 Å². The van der Waals surface area contributed by atoms with Crippen molar-refractivity contribution in [2.45, 2.75) is 51.5 Å². The van der Waals surface area contributed by atoms with E-state index in [0.29, 0.717) is 30.8 Å². The molecule has 4 aliphatic carbocycles. The predicted octanol–water partition coefficient (Wildman–Crippen LogP) is 3.93. The maximum absolute atomic E-state index is 13.7. The van der Waals surface area contributed by atoms with Crippen LogP contribution in [-0.2, 0) is 20.9 Å². The van der Waals surface area contributed by atoms with Gasteiger partial charge in [0.2, 0.25) is 5.91 Å². The molecule has 4 bridgehead atoms. The lowest BCUT2D eigenvalue weighted by Crippen LogP contribution is -2.54. The summed E-state index contributed by atoms with van der Waals surface area (Å²) in [6, 6.07) is 6.27. The van der Waals surface area contributed by atoms with Crippen LogP contribution in [-0.4, -0.2) is 30.4 Å². The van der Waals surface area contributed by atoms with Crippen molar-refractivity contribution in [2.75, 3.05) is 13.7 Å². The molecule has 0 unspecified atom stereocenters. The van der Waals surface area contributed by atoms with Crippen LogP contribution in [0.3, 0.4) is 0 Å². The molecular formula is C22H28FNO3. The molecule has 0 aromatic heterocycles. The Balaban J connectivity index is 1.54. The summed E-state index contributed by atoms with van der Waals surface area (Å²) in [6.45, 7) is 0.766. The Bertz CT molecular complexity index is 679. The smallest absolute Gasteiger partial charge is 0.307 e. The third kappa shape index (κ3) is 3.74. The molecule has 1 aromatic rings. The quantitative estimate of drug-likeness (QED) is 0.710. The highest BCUT2D eigenvalue weighted by molar-refractivity contribution is 5.84. The van der Waals surface area contributed by atoms with Crippen LogP contribution in [0.4, 0.5) is 4.39 Å². The summed E-state index contributed by atoms with van der Waals surface area (Å²) in [6.07, 6.45) is 7.03. The lowest BCUT2D eigenvalue weighted by atomic mass is 9.49. The predicted molar refractivity (Wildman–Crippen MR) is 99.1 cm³/mol. The summed E-state index contributed by atoms with van der Waals surface area (Å²) >= 11 is 0. The molecule has 1 aromatic carbocycles. The Kier molecular flexibility index (Phi) is 4.95. The van der Waals surface area contributed by atoms with Gasteiger partial charge in [0.1, 0.15) is 5.82 Å². The molecule has 1 amide bonds. The van der Waals surface area contributed by atoms with E-state index >= 15 is 0 Å². The van der Waals surface area contributed by atoms with E-state index in [9.17, 15) is 14.0 Å². The number of halogens is 1. The Morgan fingerprint density at radius 2 is 1.63 bits per heavy atom. The molecule has 5 heteroatoms. The first kappa shape index (κ1) is 18.5. The monoisotopic (exact) mass is 373 g/mol. The normalized spacial score (nSPS) is 31.0. The number of esters is 1. The second-order valence-electron chi connectivity index (χ2n) is 8.88. The number of carbonyl (C=O) groups is 2. The second-order valence-corrected chi connectivity index (χ2v) is 8.88. The first-order valence-corrected chi connectivity index (χ1v) is 10.1. The zero-order valence-electron chi connectivity index (χ0n) is 16.0. The standard InChI is InChI=1S/C22H28FNO3/c1-27-20(25)6-7-24(14-15-2-4-19(23)5-3-15)21(26)22-11-16-8-17(12-22)10-18(9-16)13-22/h2-5,16-18H,6-14H2,1H3. The van der Waals surface area contributed by atoms with E-state index in [2.05, 4.69) is 0 Å². The zero-order valence-corrected chi connectivity index (χ0v) is 16.0. The summed E-state index contributed by atoms with van der Waals surface area (Å²) in [5.74, 6) is 1.66. The summed E-state index contributed by atoms with van der Waals surface area (Å²) in [4.78, 5) is 27.2. The van der Waals surface area contributed by atoms with Crippen LogP contribution in [0, 0.1) is 29.0 Å². The Morgan fingerprint density at radius 1 is 1.07 bits per heavy atom. The molecule has 0 heterocycles. The average molecular weight is 373 g/mol. The van der Waals surface area contributed by atoms with Gasteiger partial charge in [0.05, 0.1) is 18.9 Å². The molecule has 0 aliphatic heterocycles. The van der Waals surface area contributed by atoms with E-state index in [-0.39, 0.29) is 29.5 Å². The van der Waals surface area contributed by atoms with Crippen LogP contribution in [0.5, 0.6) is 0 Å². The minimum atomic E-state index is -0.308. The van der Waals surface area contributed by atoms with E-state index in [1.54, 1.807) is 12.1 Å². The highest BCUT2D eigenvalue weighted by Gasteiger charge is 2.55. The van der Waals surface area contributed by atoms with E-state index in [4.69, 9.17) is 4.74 Å². The number of rotatable bonds is 6. The van der Waals surface area contributed by atoms with Crippen LogP contribution in [0.15, 0.2) is 24.3 Å². The van der Waals surface area contributed by atoms with Crippen LogP contribution in [0.1, 0.15) is 50.5 Å². The van der Waals surface area contributed by atoms with E-state index in [0.717, 1.165) is 24.8 Å². The number of hydrogen-bond acceptors (Lipinski definition) is 3. The zero-order chi connectivity index (χ0) is 19.0. The number of benzene rings is 1. The molecule has 0 atom stereocenters. The molecule has 0 N–H and O–H groups in total. The first-order chi connectivity index (χ1) is 13.0. The van der Waals surface area contributed by atoms with Gasteiger partial charge in [0, 0.05) is 13.1 Å². The fourth-order valence-corrected chi connectivity index (χ4v) is 6.10. The Hall–Kier alpha value is -1.91. The maximum atomic E-state index is 13.7. The number of methoxy groups -OCH3 is 1. The molecule has 4 saturated carbocycles. The van der Waals surface area contributed by atoms with Crippen LogP contribution in [0.2, 0.25) is 0 Å². The molecule has 0 saturated heterocycles. The van der Waals surface area contributed by atoms with Gasteiger partial charge < -0.3 is 9.64 Å². The van der Waals surface area contributed by atoms with Crippen molar-refractivity contribution in [1.29, 1.82) is 0 Å². The molecule has 27 heavy (non-hydrogen) atoms. The minimum absolute atomic E-state index is 0.190. The molecular weight excluding hydrogens is 345 g/mol. The van der Waals surface area contributed by atoms with Gasteiger partial charge in [0.25, 0.3) is 0 Å². The lowest BCUT2D eigenvalue weighted by molar-refractivity contribution is -0.159. The van der Waals surface area contributed by atoms with Gasteiger partial charge in [-0.15, -0.1) is 0 Å². The van der Waals surface area contributed by atoms with Gasteiger partial charge in [0.15, 0.2) is 0 Å². The molecule has 0 spiro atoms. The lowest BCUT2D eigenvalue weighted by Gasteiger charge is -2.56. The van der Waals surface area contributed by atoms with Gasteiger partial charge in [-0.2, -0.15) is 0 Å². The van der Waals surface area contributed by atoms with Gasteiger partial charge in [-0.05, 0) is 74.0 Å².